The summed E-state index contributed by atoms with van der Waals surface area (Å²) in [6.45, 7) is 7.36. The second-order valence-corrected chi connectivity index (χ2v) is 4.99. The van der Waals surface area contributed by atoms with Crippen LogP contribution in [0.5, 0.6) is 0 Å². The zero-order valence-electron chi connectivity index (χ0n) is 11.9. The molecule has 1 aromatic rings. The van der Waals surface area contributed by atoms with Crippen molar-refractivity contribution < 1.29 is 14.7 Å². The van der Waals surface area contributed by atoms with Gasteiger partial charge in [0.2, 0.25) is 6.41 Å². The third kappa shape index (κ3) is 2.62. The van der Waals surface area contributed by atoms with Crippen LogP contribution in [0.15, 0.2) is 24.3 Å². The van der Waals surface area contributed by atoms with Crippen molar-refractivity contribution in [2.45, 2.75) is 45.7 Å². The van der Waals surface area contributed by atoms with Crippen molar-refractivity contribution in [1.29, 1.82) is 0 Å². The van der Waals surface area contributed by atoms with Gasteiger partial charge in [0, 0.05) is 6.04 Å². The van der Waals surface area contributed by atoms with Crippen LogP contribution in [0.25, 0.3) is 0 Å². The molecule has 1 atom stereocenters. The fourth-order valence-electron chi connectivity index (χ4n) is 2.40. The molecule has 1 unspecified atom stereocenters. The molecule has 0 aliphatic rings. The first kappa shape index (κ1) is 15.2. The normalized spacial score (nSPS) is 13.9. The maximum absolute atomic E-state index is 11.8. The van der Waals surface area contributed by atoms with Crippen LogP contribution < -0.4 is 0 Å². The summed E-state index contributed by atoms with van der Waals surface area (Å²) in [6, 6.07) is 7.12. The lowest BCUT2D eigenvalue weighted by molar-refractivity contribution is -0.158. The summed E-state index contributed by atoms with van der Waals surface area (Å²) in [5.74, 6) is -1.00. The number of rotatable bonds is 6. The highest BCUT2D eigenvalue weighted by Crippen LogP contribution is 2.33. The van der Waals surface area contributed by atoms with Gasteiger partial charge in [0.25, 0.3) is 0 Å². The van der Waals surface area contributed by atoms with E-state index in [2.05, 4.69) is 0 Å². The van der Waals surface area contributed by atoms with Crippen LogP contribution in [0.1, 0.15) is 38.3 Å². The van der Waals surface area contributed by atoms with Crippen LogP contribution in [-0.4, -0.2) is 28.4 Å². The summed E-state index contributed by atoms with van der Waals surface area (Å²) in [6.07, 6.45) is 0.949. The van der Waals surface area contributed by atoms with E-state index in [1.165, 1.54) is 4.90 Å². The summed E-state index contributed by atoms with van der Waals surface area (Å²) < 4.78 is 0. The van der Waals surface area contributed by atoms with Crippen molar-refractivity contribution >= 4 is 12.4 Å². The first-order valence-corrected chi connectivity index (χ1v) is 6.44. The Labute approximate surface area is 114 Å². The maximum Gasteiger partial charge on any atom is 0.334 e. The van der Waals surface area contributed by atoms with Crippen LogP contribution in [0, 0.1) is 6.92 Å². The summed E-state index contributed by atoms with van der Waals surface area (Å²) >= 11 is 0. The Morgan fingerprint density at radius 3 is 2.21 bits per heavy atom. The number of aryl methyl sites for hydroxylation is 1. The molecule has 0 aliphatic heterocycles. The largest absolute Gasteiger partial charge is 0.479 e. The van der Waals surface area contributed by atoms with Gasteiger partial charge >= 0.3 is 5.97 Å². The van der Waals surface area contributed by atoms with E-state index in [0.29, 0.717) is 18.4 Å². The molecule has 0 spiro atoms. The van der Waals surface area contributed by atoms with Gasteiger partial charge in [-0.1, -0.05) is 36.8 Å². The van der Waals surface area contributed by atoms with Gasteiger partial charge in [-0.3, -0.25) is 4.79 Å². The first-order valence-electron chi connectivity index (χ1n) is 6.44. The van der Waals surface area contributed by atoms with E-state index in [1.54, 1.807) is 19.1 Å². The number of carboxylic acids is 1. The molecule has 19 heavy (non-hydrogen) atoms. The maximum atomic E-state index is 11.8. The second-order valence-electron chi connectivity index (χ2n) is 4.99. The van der Waals surface area contributed by atoms with Crippen molar-refractivity contribution in [3.63, 3.8) is 0 Å². The fourth-order valence-corrected chi connectivity index (χ4v) is 2.40. The molecule has 4 heteroatoms. The first-order chi connectivity index (χ1) is 8.90. The van der Waals surface area contributed by atoms with Crippen LogP contribution in [0.2, 0.25) is 0 Å². The molecular formula is C15H21NO3. The van der Waals surface area contributed by atoms with E-state index < -0.39 is 11.5 Å². The van der Waals surface area contributed by atoms with E-state index >= 15 is 0 Å². The van der Waals surface area contributed by atoms with E-state index in [-0.39, 0.29) is 6.04 Å². The minimum absolute atomic E-state index is 0.185. The Kier molecular flexibility index (Phi) is 4.70. The highest BCUT2D eigenvalue weighted by atomic mass is 16.4. The van der Waals surface area contributed by atoms with E-state index in [4.69, 9.17) is 0 Å². The van der Waals surface area contributed by atoms with Crippen molar-refractivity contribution in [1.82, 2.24) is 4.90 Å². The molecule has 4 nitrogen and oxygen atoms in total. The highest BCUT2D eigenvalue weighted by molar-refractivity contribution is 5.83. The summed E-state index contributed by atoms with van der Waals surface area (Å²) in [5, 5.41) is 9.70. The summed E-state index contributed by atoms with van der Waals surface area (Å²) in [5.41, 5.74) is 0.388. The smallest absolute Gasteiger partial charge is 0.334 e. The molecule has 0 radical (unpaired) electrons. The average molecular weight is 263 g/mol. The van der Waals surface area contributed by atoms with Gasteiger partial charge in [-0.2, -0.15) is 0 Å². The van der Waals surface area contributed by atoms with Crippen LogP contribution >= 0.6 is 0 Å². The molecule has 1 aromatic carbocycles. The molecule has 1 rings (SSSR count). The van der Waals surface area contributed by atoms with Gasteiger partial charge in [0.15, 0.2) is 5.54 Å². The van der Waals surface area contributed by atoms with Gasteiger partial charge in [0.1, 0.15) is 0 Å². The lowest BCUT2D eigenvalue weighted by Crippen LogP contribution is -2.54. The Balaban J connectivity index is 3.46. The number of carbonyl (C=O) groups is 2. The Morgan fingerprint density at radius 2 is 1.89 bits per heavy atom. The molecule has 0 heterocycles. The molecule has 0 saturated heterocycles. The Bertz CT molecular complexity index is 453. The van der Waals surface area contributed by atoms with Gasteiger partial charge in [0.05, 0.1) is 0 Å². The zero-order valence-corrected chi connectivity index (χ0v) is 11.9. The fraction of sp³-hybridized carbons (Fsp3) is 0.467. The second kappa shape index (κ2) is 5.87. The van der Waals surface area contributed by atoms with Crippen molar-refractivity contribution in [2.75, 3.05) is 0 Å². The van der Waals surface area contributed by atoms with Crippen molar-refractivity contribution in [3.8, 4) is 0 Å². The monoisotopic (exact) mass is 263 g/mol. The third-order valence-corrected chi connectivity index (χ3v) is 3.51. The van der Waals surface area contributed by atoms with E-state index in [1.807, 2.05) is 32.9 Å². The molecule has 1 N–H and O–H groups in total. The Morgan fingerprint density at radius 1 is 1.37 bits per heavy atom. The van der Waals surface area contributed by atoms with Crippen LogP contribution in [0.3, 0.4) is 0 Å². The predicted octanol–water partition coefficient (Wildman–Crippen LogP) is 2.55. The minimum Gasteiger partial charge on any atom is -0.479 e. The van der Waals surface area contributed by atoms with Gasteiger partial charge in [-0.05, 0) is 32.8 Å². The minimum atomic E-state index is -1.30. The molecule has 104 valence electrons. The van der Waals surface area contributed by atoms with Crippen molar-refractivity contribution in [3.05, 3.63) is 35.4 Å². The summed E-state index contributed by atoms with van der Waals surface area (Å²) in [7, 11) is 0. The zero-order chi connectivity index (χ0) is 14.6. The number of benzene rings is 1. The molecule has 1 amide bonds. The highest BCUT2D eigenvalue weighted by Gasteiger charge is 2.45. The topological polar surface area (TPSA) is 57.6 Å². The lowest BCUT2D eigenvalue weighted by Gasteiger charge is -2.40. The number of carboxylic acid groups (broad SMARTS) is 1. The molecule has 0 bridgehead atoms. The van der Waals surface area contributed by atoms with Crippen molar-refractivity contribution in [2.24, 2.45) is 0 Å². The number of nitrogens with zero attached hydrogens (tertiary/aromatic N) is 1. The third-order valence-electron chi connectivity index (χ3n) is 3.51. The molecule has 0 aliphatic carbocycles. The summed E-state index contributed by atoms with van der Waals surface area (Å²) in [4.78, 5) is 24.6. The van der Waals surface area contributed by atoms with Crippen LogP contribution in [-0.2, 0) is 15.1 Å². The number of carbonyl (C=O) groups excluding carboxylic acids is 1. The molecule has 0 aromatic heterocycles. The van der Waals surface area contributed by atoms with E-state index in [9.17, 15) is 14.7 Å². The van der Waals surface area contributed by atoms with Gasteiger partial charge < -0.3 is 10.0 Å². The van der Waals surface area contributed by atoms with Gasteiger partial charge in [-0.25, -0.2) is 4.79 Å². The predicted molar refractivity (Wildman–Crippen MR) is 73.8 cm³/mol. The molecular weight excluding hydrogens is 242 g/mol. The standard InChI is InChI=1S/C15H21NO3/c1-5-15(14(18)19,16(10-17)11(2)3)13-8-6-12(4)7-9-13/h6-11H,5H2,1-4H3,(H,18,19). The number of hydrogen-bond acceptors (Lipinski definition) is 2. The molecule has 0 saturated carbocycles. The lowest BCUT2D eigenvalue weighted by atomic mass is 9.84. The Hall–Kier alpha value is -1.84. The number of hydrogen-bond donors (Lipinski definition) is 1. The number of aliphatic carboxylic acids is 1. The average Bonchev–Trinajstić information content (AvgIpc) is 2.36. The van der Waals surface area contributed by atoms with Gasteiger partial charge in [-0.15, -0.1) is 0 Å². The van der Waals surface area contributed by atoms with E-state index in [0.717, 1.165) is 5.56 Å². The molecule has 0 fully saturated rings. The van der Waals surface area contributed by atoms with Crippen LogP contribution in [0.4, 0.5) is 0 Å². The number of amides is 1. The quantitative estimate of drug-likeness (QED) is 0.802. The SMILES string of the molecule is CCC(C(=O)O)(c1ccc(C)cc1)N(C=O)C(C)C.